The Morgan fingerprint density at radius 3 is 1.84 bits per heavy atom. The van der Waals surface area contributed by atoms with Crippen molar-refractivity contribution in [1.82, 2.24) is 0 Å². The minimum absolute atomic E-state index is 0.0224. The summed E-state index contributed by atoms with van der Waals surface area (Å²) < 4.78 is 42.4. The van der Waals surface area contributed by atoms with E-state index in [0.29, 0.717) is 45.8 Å². The molecule has 2 fully saturated rings. The van der Waals surface area contributed by atoms with Gasteiger partial charge in [0.2, 0.25) is 8.32 Å². The van der Waals surface area contributed by atoms with Gasteiger partial charge in [0, 0.05) is 19.1 Å². The second-order valence-electron chi connectivity index (χ2n) is 20.7. The van der Waals surface area contributed by atoms with Crippen molar-refractivity contribution >= 4 is 25.0 Å². The van der Waals surface area contributed by atoms with Crippen LogP contribution in [-0.4, -0.2) is 68.6 Å². The molecule has 6 nitrogen and oxygen atoms in total. The van der Waals surface area contributed by atoms with Crippen molar-refractivity contribution in [2.24, 2.45) is 5.92 Å². The molecule has 0 amide bonds. The quantitative estimate of drug-likeness (QED) is 0.0581. The Hall–Kier alpha value is -0.109. The molecule has 0 radical (unpaired) electrons. The molecule has 2 heterocycles. The van der Waals surface area contributed by atoms with E-state index in [1.165, 1.54) is 0 Å². The molecule has 0 aromatic heterocycles. The lowest BCUT2D eigenvalue weighted by Crippen LogP contribution is -2.59. The van der Waals surface area contributed by atoms with Crippen molar-refractivity contribution < 1.29 is 27.5 Å². The number of ether oxygens (including phenoxy) is 3. The summed E-state index contributed by atoms with van der Waals surface area (Å²) in [6.07, 6.45) is 14.9. The van der Waals surface area contributed by atoms with E-state index in [1.807, 2.05) is 6.08 Å². The zero-order valence-corrected chi connectivity index (χ0v) is 42.5. The summed E-state index contributed by atoms with van der Waals surface area (Å²) in [6, 6.07) is 0. The molecule has 2 aliphatic rings. The maximum Gasteiger partial charge on any atom is 0.283 e. The average Bonchev–Trinajstić information content (AvgIpc) is 3.05. The normalized spacial score (nSPS) is 24.8. The van der Waals surface area contributed by atoms with Crippen molar-refractivity contribution in [3.8, 4) is 0 Å². The van der Waals surface area contributed by atoms with Crippen LogP contribution in [0.4, 0.5) is 0 Å². The Kier molecular flexibility index (Phi) is 20.4. The van der Waals surface area contributed by atoms with E-state index in [-0.39, 0.29) is 29.5 Å². The third-order valence-corrected chi connectivity index (χ3v) is 30.7. The molecule has 0 aliphatic carbocycles. The van der Waals surface area contributed by atoms with E-state index < -0.39 is 30.9 Å². The highest BCUT2D eigenvalue weighted by atomic mass is 28.4. The van der Waals surface area contributed by atoms with Gasteiger partial charge in [-0.3, -0.25) is 0 Å². The maximum atomic E-state index is 7.66. The van der Waals surface area contributed by atoms with Crippen LogP contribution in [0, 0.1) is 5.92 Å². The van der Waals surface area contributed by atoms with Gasteiger partial charge >= 0.3 is 0 Å². The molecule has 6 atom stereocenters. The van der Waals surface area contributed by atoms with Gasteiger partial charge < -0.3 is 27.5 Å². The highest BCUT2D eigenvalue weighted by Gasteiger charge is 2.53. The summed E-state index contributed by atoms with van der Waals surface area (Å²) in [5, 5.41) is 0.150. The first-order valence-corrected chi connectivity index (χ1v) is 29.9. The fraction of sp³-hybridized carbons (Fsp3) is 0.913. The van der Waals surface area contributed by atoms with Gasteiger partial charge in [-0.25, -0.2) is 0 Å². The smallest absolute Gasteiger partial charge is 0.283 e. The molecule has 2 aliphatic heterocycles. The van der Waals surface area contributed by atoms with E-state index in [9.17, 15) is 0 Å². The van der Waals surface area contributed by atoms with Gasteiger partial charge in [0.1, 0.15) is 0 Å². The first-order chi connectivity index (χ1) is 25.4. The molecule has 0 aromatic rings. The number of hydrogen-bond acceptors (Lipinski definition) is 6. The van der Waals surface area contributed by atoms with Crippen LogP contribution in [0.3, 0.4) is 0 Å². The van der Waals surface area contributed by atoms with Gasteiger partial charge in [-0.05, 0) is 109 Å². The highest BCUT2D eigenvalue weighted by molar-refractivity contribution is 6.78. The van der Waals surface area contributed by atoms with E-state index in [0.717, 1.165) is 64.4 Å². The lowest BCUT2D eigenvalue weighted by Gasteiger charge is -2.51. The minimum Gasteiger partial charge on any atom is -0.416 e. The Labute approximate surface area is 345 Å². The first kappa shape index (κ1) is 51.0. The third kappa shape index (κ3) is 13.2. The van der Waals surface area contributed by atoms with Gasteiger partial charge in [-0.2, -0.15) is 0 Å². The van der Waals surface area contributed by atoms with Crippen molar-refractivity contribution in [1.29, 1.82) is 0 Å². The minimum atomic E-state index is -2.23. The molecule has 1 unspecified atom stereocenters. The first-order valence-electron chi connectivity index (χ1n) is 22.7. The van der Waals surface area contributed by atoms with Crippen LogP contribution in [0.15, 0.2) is 24.8 Å². The molecule has 2 saturated heterocycles. The number of hydrogen-bond donors (Lipinski definition) is 0. The molecular weight excluding hydrogens is 733 g/mol. The predicted octanol–water partition coefficient (Wildman–Crippen LogP) is 14.5. The molecule has 0 bridgehead atoms. The van der Waals surface area contributed by atoms with Gasteiger partial charge in [0.15, 0.2) is 16.6 Å². The zero-order chi connectivity index (χ0) is 42.0. The Bertz CT molecular complexity index is 1100. The topological polar surface area (TPSA) is 55.4 Å². The maximum absolute atomic E-state index is 7.66. The van der Waals surface area contributed by atoms with E-state index >= 15 is 0 Å². The van der Waals surface area contributed by atoms with Crippen LogP contribution in [0.25, 0.3) is 0 Å². The van der Waals surface area contributed by atoms with Crippen LogP contribution in [0.2, 0.25) is 51.4 Å². The SMILES string of the molecule is C=CCCC[C@@H](C[C@@H]1CCOC2(CC[C@@H](C)[C@H]([C@@H](C/C=C\CCO[Si](C(C)C)(C(C)C)C(C)C)O[Si](C(C)C)(C(C)C)C(C)C)O2)O1)O[Si](C)(C)C(C)(C)C. The lowest BCUT2D eigenvalue weighted by molar-refractivity contribution is -0.449. The fourth-order valence-electron chi connectivity index (χ4n) is 10.1. The molecule has 0 aromatic carbocycles. The highest BCUT2D eigenvalue weighted by Crippen LogP contribution is 2.47. The monoisotopic (exact) mass is 825 g/mol. The summed E-state index contributed by atoms with van der Waals surface area (Å²) >= 11 is 0. The van der Waals surface area contributed by atoms with E-state index in [1.54, 1.807) is 0 Å². The third-order valence-electron chi connectivity index (χ3n) is 13.9. The number of rotatable bonds is 23. The summed E-state index contributed by atoms with van der Waals surface area (Å²) in [6.45, 7) is 47.9. The second-order valence-corrected chi connectivity index (χ2v) is 36.4. The van der Waals surface area contributed by atoms with Crippen LogP contribution in [0.1, 0.15) is 169 Å². The molecule has 324 valence electrons. The average molecular weight is 825 g/mol. The van der Waals surface area contributed by atoms with E-state index in [4.69, 9.17) is 27.5 Å². The van der Waals surface area contributed by atoms with Gasteiger partial charge in [0.25, 0.3) is 5.97 Å². The summed E-state index contributed by atoms with van der Waals surface area (Å²) in [4.78, 5) is 0. The summed E-state index contributed by atoms with van der Waals surface area (Å²) in [5.74, 6) is -0.723. The van der Waals surface area contributed by atoms with Crippen LogP contribution < -0.4 is 0 Å². The largest absolute Gasteiger partial charge is 0.416 e. The second kappa shape index (κ2) is 21.9. The van der Waals surface area contributed by atoms with Gasteiger partial charge in [-0.1, -0.05) is 129 Å². The molecule has 0 N–H and O–H groups in total. The molecule has 0 saturated carbocycles. The Morgan fingerprint density at radius 1 is 0.764 bits per heavy atom. The number of allylic oxidation sites excluding steroid dienone is 1. The zero-order valence-electron chi connectivity index (χ0n) is 39.5. The molecule has 1 spiro atoms. The number of unbranched alkanes of at least 4 members (excludes halogenated alkanes) is 1. The van der Waals surface area contributed by atoms with Gasteiger partial charge in [0.05, 0.1) is 24.9 Å². The molecule has 2 rings (SSSR count). The van der Waals surface area contributed by atoms with Gasteiger partial charge in [-0.15, -0.1) is 6.58 Å². The summed E-state index contributed by atoms with van der Waals surface area (Å²) in [5.41, 5.74) is 3.20. The molecular formula is C46H92O6Si3. The molecule has 55 heavy (non-hydrogen) atoms. The standard InChI is InChI=1S/C46H92O6Si3/c1-20-21-23-26-42(51-53(18,19)45(15,16)17)33-41-29-32-47-46(49-41)30-28-40(14)44(50-46)43(52-55(37(8)9,38(10)11)39(12)13)27-24-22-25-31-48-54(34(2)3,35(4)5)36(6)7/h20,22,24,34-44H,1,21,23,25-33H2,2-19H3/b24-22-/t40-,41+,42+,43-,44-,46?/m1/s1. The van der Waals surface area contributed by atoms with Crippen molar-refractivity contribution in [3.05, 3.63) is 24.8 Å². The van der Waals surface area contributed by atoms with Crippen molar-refractivity contribution in [2.45, 2.75) is 250 Å². The Morgan fingerprint density at radius 2 is 1.33 bits per heavy atom. The predicted molar refractivity (Wildman–Crippen MR) is 243 cm³/mol. The van der Waals surface area contributed by atoms with Crippen LogP contribution in [-0.2, 0) is 27.5 Å². The lowest BCUT2D eigenvalue weighted by atomic mass is 9.89. The van der Waals surface area contributed by atoms with E-state index in [2.05, 4.69) is 143 Å². The molecule has 9 heteroatoms. The van der Waals surface area contributed by atoms with Crippen LogP contribution >= 0.6 is 0 Å². The van der Waals surface area contributed by atoms with Crippen molar-refractivity contribution in [3.63, 3.8) is 0 Å². The van der Waals surface area contributed by atoms with Crippen LogP contribution in [0.5, 0.6) is 0 Å². The Balaban J connectivity index is 2.38. The summed E-state index contributed by atoms with van der Waals surface area (Å²) in [7, 11) is -6.08. The van der Waals surface area contributed by atoms with Crippen molar-refractivity contribution in [2.75, 3.05) is 13.2 Å². The fourth-order valence-corrected chi connectivity index (χ4v) is 22.6.